The van der Waals surface area contributed by atoms with Crippen molar-refractivity contribution in [3.05, 3.63) is 52.0 Å². The maximum absolute atomic E-state index is 6.26. The number of hydrogen-bond donors (Lipinski definition) is 0. The minimum Gasteiger partial charge on any atom is -0.333 e. The summed E-state index contributed by atoms with van der Waals surface area (Å²) in [6.45, 7) is 2.21. The first-order valence-corrected chi connectivity index (χ1v) is 6.37. The Kier molecular flexibility index (Phi) is 2.64. The molecule has 0 amide bonds. The topological polar surface area (TPSA) is 17.8 Å². The van der Waals surface area contributed by atoms with Crippen LogP contribution < -0.4 is 0 Å². The van der Waals surface area contributed by atoms with Crippen LogP contribution in [-0.4, -0.2) is 9.55 Å². The molecule has 0 aliphatic heterocycles. The van der Waals surface area contributed by atoms with Gasteiger partial charge in [-0.2, -0.15) is 0 Å². The molecule has 0 bridgehead atoms. The molecule has 2 aromatic rings. The van der Waals surface area contributed by atoms with Gasteiger partial charge in [0, 0.05) is 34.4 Å². The van der Waals surface area contributed by atoms with Gasteiger partial charge in [0.15, 0.2) is 0 Å². The molecule has 1 unspecified atom stereocenters. The third-order valence-electron chi connectivity index (χ3n) is 3.58. The average Bonchev–Trinajstić information content (AvgIpc) is 2.87. The van der Waals surface area contributed by atoms with Crippen LogP contribution in [0.5, 0.6) is 0 Å². The Bertz CT molecular complexity index is 549. The Labute approximate surface area is 110 Å². The lowest BCUT2D eigenvalue weighted by atomic mass is 10.0. The summed E-state index contributed by atoms with van der Waals surface area (Å²) in [5.74, 6) is 0.412. The Hall–Kier alpha value is -0.990. The van der Waals surface area contributed by atoms with E-state index in [9.17, 15) is 0 Å². The molecule has 88 valence electrons. The van der Waals surface area contributed by atoms with Gasteiger partial charge >= 0.3 is 0 Å². The zero-order valence-corrected chi connectivity index (χ0v) is 10.9. The summed E-state index contributed by atoms with van der Waals surface area (Å²) in [6, 6.07) is 4.25. The van der Waals surface area contributed by atoms with Crippen molar-refractivity contribution in [2.45, 2.75) is 25.3 Å². The summed E-state index contributed by atoms with van der Waals surface area (Å²) in [6.07, 6.45) is 6.62. The van der Waals surface area contributed by atoms with Crippen LogP contribution in [0.15, 0.2) is 30.9 Å². The highest BCUT2D eigenvalue weighted by Gasteiger charge is 2.31. The van der Waals surface area contributed by atoms with Gasteiger partial charge in [0.2, 0.25) is 0 Å². The third kappa shape index (κ3) is 1.76. The van der Waals surface area contributed by atoms with Gasteiger partial charge in [-0.25, -0.2) is 4.98 Å². The molecule has 0 N–H and O–H groups in total. The first-order chi connectivity index (χ1) is 8.16. The molecule has 17 heavy (non-hydrogen) atoms. The third-order valence-corrected chi connectivity index (χ3v) is 4.14. The highest BCUT2D eigenvalue weighted by Crippen LogP contribution is 2.44. The van der Waals surface area contributed by atoms with Crippen LogP contribution in [-0.2, 0) is 6.42 Å². The van der Waals surface area contributed by atoms with Crippen LogP contribution in [0.25, 0.3) is 0 Å². The van der Waals surface area contributed by atoms with E-state index in [4.69, 9.17) is 23.2 Å². The predicted octanol–water partition coefficient (Wildman–Crippen LogP) is 4.09. The summed E-state index contributed by atoms with van der Waals surface area (Å²) >= 11 is 12.3. The monoisotopic (exact) mass is 266 g/mol. The van der Waals surface area contributed by atoms with Crippen molar-refractivity contribution in [2.24, 2.45) is 0 Å². The second-order valence-corrected chi connectivity index (χ2v) is 5.37. The van der Waals surface area contributed by atoms with Gasteiger partial charge in [0.25, 0.3) is 0 Å². The van der Waals surface area contributed by atoms with Crippen molar-refractivity contribution >= 4 is 23.2 Å². The largest absolute Gasteiger partial charge is 0.333 e. The van der Waals surface area contributed by atoms with E-state index in [1.807, 2.05) is 30.9 Å². The molecule has 1 heterocycles. The fourth-order valence-electron chi connectivity index (χ4n) is 2.67. The molecule has 0 fully saturated rings. The molecule has 1 aliphatic carbocycles. The lowest BCUT2D eigenvalue weighted by Crippen LogP contribution is -2.10. The van der Waals surface area contributed by atoms with Crippen molar-refractivity contribution in [3.63, 3.8) is 0 Å². The fraction of sp³-hybridized carbons (Fsp3) is 0.308. The molecule has 0 spiro atoms. The quantitative estimate of drug-likeness (QED) is 0.760. The Balaban J connectivity index is 2.06. The number of fused-ring (bicyclic) bond motifs is 1. The first-order valence-electron chi connectivity index (χ1n) is 5.62. The summed E-state index contributed by atoms with van der Waals surface area (Å²) in [5.41, 5.74) is 2.49. The molecule has 2 nitrogen and oxygen atoms in total. The summed E-state index contributed by atoms with van der Waals surface area (Å²) in [7, 11) is 0. The summed E-state index contributed by atoms with van der Waals surface area (Å²) in [5, 5.41) is 1.49. The number of hydrogen-bond acceptors (Lipinski definition) is 1. The van der Waals surface area contributed by atoms with Crippen LogP contribution in [0, 0.1) is 0 Å². The highest BCUT2D eigenvalue weighted by atomic mass is 35.5. The van der Waals surface area contributed by atoms with Crippen molar-refractivity contribution < 1.29 is 0 Å². The van der Waals surface area contributed by atoms with Gasteiger partial charge in [-0.05, 0) is 29.7 Å². The number of imidazole rings is 1. The first kappa shape index (κ1) is 11.1. The van der Waals surface area contributed by atoms with E-state index in [2.05, 4.69) is 16.5 Å². The van der Waals surface area contributed by atoms with Gasteiger partial charge in [-0.15, -0.1) is 0 Å². The van der Waals surface area contributed by atoms with Crippen molar-refractivity contribution in [1.82, 2.24) is 9.55 Å². The van der Waals surface area contributed by atoms with Gasteiger partial charge in [0.1, 0.15) is 0 Å². The lowest BCUT2D eigenvalue weighted by Gasteiger charge is -2.17. The van der Waals surface area contributed by atoms with Crippen molar-refractivity contribution in [3.8, 4) is 0 Å². The molecular weight excluding hydrogens is 255 g/mol. The number of nitrogens with zero attached hydrogens (tertiary/aromatic N) is 2. The van der Waals surface area contributed by atoms with E-state index >= 15 is 0 Å². The molecule has 4 heteroatoms. The van der Waals surface area contributed by atoms with Gasteiger partial charge in [0.05, 0.1) is 6.33 Å². The average molecular weight is 267 g/mol. The smallest absolute Gasteiger partial charge is 0.0948 e. The molecular formula is C13H12Cl2N2. The molecule has 2 atom stereocenters. The number of halogens is 2. The second kappa shape index (κ2) is 4.04. The maximum atomic E-state index is 6.26. The Morgan fingerprint density at radius 3 is 2.88 bits per heavy atom. The minimum absolute atomic E-state index is 0.392. The maximum Gasteiger partial charge on any atom is 0.0948 e. The zero-order chi connectivity index (χ0) is 12.0. The Morgan fingerprint density at radius 2 is 2.18 bits per heavy atom. The van der Waals surface area contributed by atoms with E-state index in [0.717, 1.165) is 11.4 Å². The normalized spacial score (nSPS) is 22.8. The van der Waals surface area contributed by atoms with E-state index in [-0.39, 0.29) is 0 Å². The van der Waals surface area contributed by atoms with Gasteiger partial charge in [-0.3, -0.25) is 0 Å². The molecule has 0 radical (unpaired) electrons. The summed E-state index contributed by atoms with van der Waals surface area (Å²) in [4.78, 5) is 4.11. The van der Waals surface area contributed by atoms with Crippen LogP contribution in [0.4, 0.5) is 0 Å². The van der Waals surface area contributed by atoms with Crippen LogP contribution in [0.2, 0.25) is 10.0 Å². The van der Waals surface area contributed by atoms with E-state index in [0.29, 0.717) is 17.0 Å². The lowest BCUT2D eigenvalue weighted by molar-refractivity contribution is 0.462. The van der Waals surface area contributed by atoms with Crippen molar-refractivity contribution in [1.29, 1.82) is 0 Å². The second-order valence-electron chi connectivity index (χ2n) is 4.53. The number of benzene rings is 1. The molecule has 3 rings (SSSR count). The standard InChI is InChI=1S/C13H12Cl2N2/c1-8-10-4-9(14)5-12(15)11(10)6-13(8)17-3-2-16-7-17/h2-5,7-8,13H,6H2,1H3/t8?,13-/m0/s1. The highest BCUT2D eigenvalue weighted by molar-refractivity contribution is 6.35. The summed E-state index contributed by atoms with van der Waals surface area (Å²) < 4.78 is 2.15. The van der Waals surface area contributed by atoms with Gasteiger partial charge in [-0.1, -0.05) is 30.1 Å². The fourth-order valence-corrected chi connectivity index (χ4v) is 3.25. The van der Waals surface area contributed by atoms with Gasteiger partial charge < -0.3 is 4.57 Å². The van der Waals surface area contributed by atoms with Crippen LogP contribution in [0.3, 0.4) is 0 Å². The SMILES string of the molecule is CC1c2cc(Cl)cc(Cl)c2C[C@@H]1n1ccnc1. The van der Waals surface area contributed by atoms with E-state index in [1.165, 1.54) is 11.1 Å². The number of rotatable bonds is 1. The van der Waals surface area contributed by atoms with Crippen LogP contribution in [0.1, 0.15) is 30.0 Å². The minimum atomic E-state index is 0.392. The predicted molar refractivity (Wildman–Crippen MR) is 69.8 cm³/mol. The molecule has 0 saturated carbocycles. The van der Waals surface area contributed by atoms with Crippen molar-refractivity contribution in [2.75, 3.05) is 0 Å². The number of aromatic nitrogens is 2. The van der Waals surface area contributed by atoms with E-state index < -0.39 is 0 Å². The Morgan fingerprint density at radius 1 is 1.35 bits per heavy atom. The molecule has 1 aliphatic rings. The van der Waals surface area contributed by atoms with Crippen LogP contribution >= 0.6 is 23.2 Å². The van der Waals surface area contributed by atoms with E-state index in [1.54, 1.807) is 0 Å². The molecule has 0 saturated heterocycles. The molecule has 1 aromatic carbocycles. The zero-order valence-electron chi connectivity index (χ0n) is 9.40. The molecule has 1 aromatic heterocycles.